The van der Waals surface area contributed by atoms with Crippen molar-refractivity contribution in [3.05, 3.63) is 29.8 Å². The molecule has 1 N–H and O–H groups in total. The van der Waals surface area contributed by atoms with E-state index in [1.54, 1.807) is 26.1 Å². The molecule has 28 heavy (non-hydrogen) atoms. The van der Waals surface area contributed by atoms with Crippen LogP contribution in [0.15, 0.2) is 29.3 Å². The lowest BCUT2D eigenvalue weighted by Gasteiger charge is -2.23. The first-order chi connectivity index (χ1) is 13.5. The number of carbonyl (C=O) groups is 1. The number of hydrogen-bond donors (Lipinski definition) is 1. The fourth-order valence-electron chi connectivity index (χ4n) is 2.55. The van der Waals surface area contributed by atoms with E-state index in [1.165, 1.54) is 18.4 Å². The second-order valence-electron chi connectivity index (χ2n) is 7.39. The molecule has 2 rings (SSSR count). The fourth-order valence-corrected chi connectivity index (χ4v) is 2.55. The third kappa shape index (κ3) is 8.17. The second-order valence-corrected chi connectivity index (χ2v) is 7.39. The monoisotopic (exact) mass is 390 g/mol. The molecule has 0 aromatic heterocycles. The maximum atomic E-state index is 11.9. The molecule has 1 amide bonds. The van der Waals surface area contributed by atoms with Crippen LogP contribution >= 0.6 is 0 Å². The maximum absolute atomic E-state index is 11.9. The molecule has 0 heterocycles. The van der Waals surface area contributed by atoms with Gasteiger partial charge in [0.1, 0.15) is 12.3 Å². The van der Waals surface area contributed by atoms with Crippen molar-refractivity contribution < 1.29 is 14.3 Å². The summed E-state index contributed by atoms with van der Waals surface area (Å²) in [5.41, 5.74) is 1.22. The van der Waals surface area contributed by atoms with Crippen LogP contribution in [0.1, 0.15) is 18.4 Å². The third-order valence-electron chi connectivity index (χ3n) is 4.70. The quantitative estimate of drug-likeness (QED) is 0.353. The van der Waals surface area contributed by atoms with Gasteiger partial charge in [-0.05, 0) is 42.9 Å². The van der Waals surface area contributed by atoms with Gasteiger partial charge < -0.3 is 24.6 Å². The smallest absolute Gasteiger partial charge is 0.243 e. The van der Waals surface area contributed by atoms with Gasteiger partial charge in [-0.2, -0.15) is 0 Å². The Bertz CT molecular complexity index is 627. The number of hydrogen-bond acceptors (Lipinski definition) is 4. The van der Waals surface area contributed by atoms with Crippen LogP contribution in [0.5, 0.6) is 5.75 Å². The lowest BCUT2D eigenvalue weighted by Crippen LogP contribution is -2.42. The minimum Gasteiger partial charge on any atom is -0.497 e. The van der Waals surface area contributed by atoms with Gasteiger partial charge in [-0.3, -0.25) is 4.79 Å². The van der Waals surface area contributed by atoms with E-state index >= 15 is 0 Å². The van der Waals surface area contributed by atoms with Gasteiger partial charge >= 0.3 is 0 Å². The number of rotatable bonds is 11. The number of carbonyl (C=O) groups excluding carboxylic acids is 1. The number of ether oxygens (including phenoxy) is 2. The SMILES string of the molecule is COc1ccc(CCNC(=NCC(=O)N(C)C)N(C)CCOCC2CC2)cc1. The van der Waals surface area contributed by atoms with Crippen molar-refractivity contribution in [2.24, 2.45) is 10.9 Å². The van der Waals surface area contributed by atoms with Gasteiger partial charge in [0, 0.05) is 40.8 Å². The van der Waals surface area contributed by atoms with Crippen molar-refractivity contribution in [1.82, 2.24) is 15.1 Å². The van der Waals surface area contributed by atoms with Crippen LogP contribution in [0.2, 0.25) is 0 Å². The Morgan fingerprint density at radius 1 is 1.21 bits per heavy atom. The van der Waals surface area contributed by atoms with Crippen LogP contribution in [0.4, 0.5) is 0 Å². The molecule has 1 aliphatic carbocycles. The predicted molar refractivity (Wildman–Crippen MR) is 112 cm³/mol. The molecule has 1 aromatic rings. The highest BCUT2D eigenvalue weighted by atomic mass is 16.5. The summed E-state index contributed by atoms with van der Waals surface area (Å²) in [6.07, 6.45) is 3.45. The van der Waals surface area contributed by atoms with Crippen molar-refractivity contribution in [2.75, 3.05) is 61.1 Å². The molecule has 0 unspecified atom stereocenters. The number of nitrogens with zero attached hydrogens (tertiary/aromatic N) is 3. The number of benzene rings is 1. The summed E-state index contributed by atoms with van der Waals surface area (Å²) in [5, 5.41) is 3.37. The van der Waals surface area contributed by atoms with E-state index in [1.807, 2.05) is 24.1 Å². The molecule has 0 bridgehead atoms. The number of guanidine groups is 1. The standard InChI is InChI=1S/C21H34N4O3/c1-24(2)20(26)15-23-21(25(3)13-14-28-16-18-5-6-18)22-12-11-17-7-9-19(27-4)10-8-17/h7-10,18H,5-6,11-16H2,1-4H3,(H,22,23). The molecule has 7 nitrogen and oxygen atoms in total. The van der Waals surface area contributed by atoms with Crippen molar-refractivity contribution in [3.8, 4) is 5.75 Å². The molecular formula is C21H34N4O3. The molecule has 1 aliphatic rings. The number of methoxy groups -OCH3 is 1. The molecule has 0 aliphatic heterocycles. The van der Waals surface area contributed by atoms with Gasteiger partial charge in [0.05, 0.1) is 13.7 Å². The topological polar surface area (TPSA) is 66.4 Å². The van der Waals surface area contributed by atoms with Crippen molar-refractivity contribution in [2.45, 2.75) is 19.3 Å². The first kappa shape index (κ1) is 22.0. The van der Waals surface area contributed by atoms with Gasteiger partial charge in [0.2, 0.25) is 5.91 Å². The molecule has 0 atom stereocenters. The van der Waals surface area contributed by atoms with E-state index in [9.17, 15) is 4.79 Å². The lowest BCUT2D eigenvalue weighted by molar-refractivity contribution is -0.127. The molecule has 1 aromatic carbocycles. The van der Waals surface area contributed by atoms with Gasteiger partial charge in [0.25, 0.3) is 0 Å². The highest BCUT2D eigenvalue weighted by molar-refractivity contribution is 5.84. The molecule has 7 heteroatoms. The van der Waals surface area contributed by atoms with Crippen LogP contribution in [0, 0.1) is 5.92 Å². The normalized spacial score (nSPS) is 13.9. The third-order valence-corrected chi connectivity index (χ3v) is 4.70. The van der Waals surface area contributed by atoms with Gasteiger partial charge in [-0.15, -0.1) is 0 Å². The van der Waals surface area contributed by atoms with E-state index < -0.39 is 0 Å². The minimum atomic E-state index is -0.0205. The summed E-state index contributed by atoms with van der Waals surface area (Å²) in [7, 11) is 7.12. The Balaban J connectivity index is 1.83. The highest BCUT2D eigenvalue weighted by Crippen LogP contribution is 2.28. The highest BCUT2D eigenvalue weighted by Gasteiger charge is 2.21. The lowest BCUT2D eigenvalue weighted by atomic mass is 10.1. The Labute approximate surface area is 168 Å². The zero-order valence-electron chi connectivity index (χ0n) is 17.6. The van der Waals surface area contributed by atoms with Crippen LogP contribution in [-0.4, -0.2) is 82.8 Å². The first-order valence-corrected chi connectivity index (χ1v) is 9.90. The fraction of sp³-hybridized carbons (Fsp3) is 0.619. The molecule has 1 saturated carbocycles. The summed E-state index contributed by atoms with van der Waals surface area (Å²) < 4.78 is 10.9. The van der Waals surface area contributed by atoms with Crippen LogP contribution < -0.4 is 10.1 Å². The van der Waals surface area contributed by atoms with E-state index in [0.29, 0.717) is 6.61 Å². The van der Waals surface area contributed by atoms with Crippen LogP contribution in [0.25, 0.3) is 0 Å². The summed E-state index contributed by atoms with van der Waals surface area (Å²) in [6, 6.07) is 8.04. The molecule has 156 valence electrons. The molecule has 0 radical (unpaired) electrons. The van der Waals surface area contributed by atoms with Gasteiger partial charge in [-0.25, -0.2) is 4.99 Å². The van der Waals surface area contributed by atoms with E-state index in [4.69, 9.17) is 9.47 Å². The second kappa shape index (κ2) is 11.5. The summed E-state index contributed by atoms with van der Waals surface area (Å²) in [5.74, 6) is 2.32. The molecule has 1 fully saturated rings. The zero-order chi connectivity index (χ0) is 20.4. The number of aliphatic imine (C=N–C) groups is 1. The number of amides is 1. The van der Waals surface area contributed by atoms with Crippen molar-refractivity contribution >= 4 is 11.9 Å². The largest absolute Gasteiger partial charge is 0.497 e. The van der Waals surface area contributed by atoms with Gasteiger partial charge in [0.15, 0.2) is 5.96 Å². The van der Waals surface area contributed by atoms with E-state index in [-0.39, 0.29) is 12.5 Å². The predicted octanol–water partition coefficient (Wildman–Crippen LogP) is 1.63. The van der Waals surface area contributed by atoms with Crippen molar-refractivity contribution in [1.29, 1.82) is 0 Å². The Morgan fingerprint density at radius 3 is 2.54 bits per heavy atom. The molecule has 0 spiro atoms. The molecule has 0 saturated heterocycles. The average molecular weight is 391 g/mol. The summed E-state index contributed by atoms with van der Waals surface area (Å²) in [4.78, 5) is 20.0. The average Bonchev–Trinajstić information content (AvgIpc) is 3.52. The number of nitrogens with one attached hydrogen (secondary N) is 1. The van der Waals surface area contributed by atoms with Crippen LogP contribution in [-0.2, 0) is 16.0 Å². The van der Waals surface area contributed by atoms with E-state index in [2.05, 4.69) is 22.4 Å². The Hall–Kier alpha value is -2.28. The van der Waals surface area contributed by atoms with Gasteiger partial charge in [-0.1, -0.05) is 12.1 Å². The maximum Gasteiger partial charge on any atom is 0.243 e. The number of likely N-dealkylation sites (N-methyl/N-ethyl adjacent to an activating group) is 2. The van der Waals surface area contributed by atoms with Crippen LogP contribution in [0.3, 0.4) is 0 Å². The first-order valence-electron chi connectivity index (χ1n) is 9.90. The summed E-state index contributed by atoms with van der Waals surface area (Å²) >= 11 is 0. The van der Waals surface area contributed by atoms with Crippen molar-refractivity contribution in [3.63, 3.8) is 0 Å². The molecular weight excluding hydrogens is 356 g/mol. The summed E-state index contributed by atoms with van der Waals surface area (Å²) in [6.45, 7) is 3.11. The zero-order valence-corrected chi connectivity index (χ0v) is 17.6. The minimum absolute atomic E-state index is 0.0205. The Kier molecular flexibility index (Phi) is 9.07. The Morgan fingerprint density at radius 2 is 1.93 bits per heavy atom. The van der Waals surface area contributed by atoms with E-state index in [0.717, 1.165) is 43.7 Å².